The van der Waals surface area contributed by atoms with E-state index < -0.39 is 0 Å². The Morgan fingerprint density at radius 2 is 2.06 bits per heavy atom. The molecule has 0 fully saturated rings. The van der Waals surface area contributed by atoms with Crippen molar-refractivity contribution in [2.24, 2.45) is 0 Å². The molecule has 1 heterocycles. The number of aryl methyl sites for hydroxylation is 1. The maximum Gasteiger partial charge on any atom is 0.132 e. The van der Waals surface area contributed by atoms with Crippen LogP contribution in [-0.4, -0.2) is 4.98 Å². The zero-order valence-corrected chi connectivity index (χ0v) is 10.0. The number of anilines is 1. The zero-order chi connectivity index (χ0) is 11.7. The minimum atomic E-state index is -0.275. The van der Waals surface area contributed by atoms with Crippen LogP contribution >= 0.6 is 9.24 Å². The van der Waals surface area contributed by atoms with Crippen molar-refractivity contribution >= 4 is 20.2 Å². The van der Waals surface area contributed by atoms with Gasteiger partial charge in [-0.05, 0) is 36.0 Å². The number of nitrogens with zero attached hydrogens (tertiary/aromatic N) is 1. The second-order valence-corrected chi connectivity index (χ2v) is 4.33. The Labute approximate surface area is 95.9 Å². The molecule has 0 saturated heterocycles. The summed E-state index contributed by atoms with van der Waals surface area (Å²) >= 11 is 0. The summed E-state index contributed by atoms with van der Waals surface area (Å²) in [5, 5.41) is 0.924. The molecule has 0 bridgehead atoms. The van der Waals surface area contributed by atoms with Crippen LogP contribution in [0, 0.1) is 12.7 Å². The van der Waals surface area contributed by atoms with Gasteiger partial charge in [0.05, 0.1) is 17.6 Å². The zero-order valence-electron chi connectivity index (χ0n) is 8.87. The van der Waals surface area contributed by atoms with Crippen molar-refractivity contribution in [3.05, 3.63) is 41.8 Å². The fourth-order valence-corrected chi connectivity index (χ4v) is 1.72. The van der Waals surface area contributed by atoms with Crippen molar-refractivity contribution in [2.75, 3.05) is 5.73 Å². The van der Waals surface area contributed by atoms with E-state index in [1.165, 1.54) is 6.07 Å². The molecule has 2 N–H and O–H groups in total. The number of halogens is 1. The van der Waals surface area contributed by atoms with Crippen LogP contribution in [0.15, 0.2) is 30.5 Å². The summed E-state index contributed by atoms with van der Waals surface area (Å²) in [7, 11) is 2.54. The fraction of sp³-hybridized carbons (Fsp3) is 0.0833. The molecule has 0 radical (unpaired) electrons. The predicted octanol–water partition coefficient (Wildman–Crippen LogP) is 2.28. The third-order valence-corrected chi connectivity index (χ3v) is 2.78. The molecule has 16 heavy (non-hydrogen) atoms. The van der Waals surface area contributed by atoms with E-state index in [0.717, 1.165) is 10.9 Å². The third-order valence-electron chi connectivity index (χ3n) is 2.42. The van der Waals surface area contributed by atoms with Gasteiger partial charge in [-0.3, -0.25) is 4.98 Å². The smallest absolute Gasteiger partial charge is 0.132 e. The highest BCUT2D eigenvalue weighted by Crippen LogP contribution is 2.22. The second-order valence-electron chi connectivity index (χ2n) is 3.67. The van der Waals surface area contributed by atoms with Crippen molar-refractivity contribution in [2.45, 2.75) is 6.92 Å². The lowest BCUT2D eigenvalue weighted by Crippen LogP contribution is -1.97. The summed E-state index contributed by atoms with van der Waals surface area (Å²) in [6.07, 6.45) is 1.56. The van der Waals surface area contributed by atoms with Gasteiger partial charge in [0.25, 0.3) is 0 Å². The van der Waals surface area contributed by atoms with E-state index in [0.29, 0.717) is 16.9 Å². The van der Waals surface area contributed by atoms with Crippen LogP contribution < -0.4 is 11.0 Å². The van der Waals surface area contributed by atoms with E-state index in [-0.39, 0.29) is 5.82 Å². The first-order valence-corrected chi connectivity index (χ1v) is 5.43. The summed E-state index contributed by atoms with van der Waals surface area (Å²) in [6.45, 7) is 1.88. The molecule has 82 valence electrons. The van der Waals surface area contributed by atoms with Crippen molar-refractivity contribution in [3.63, 3.8) is 0 Å². The van der Waals surface area contributed by atoms with Crippen LogP contribution in [0.5, 0.6) is 0 Å². The Hall–Kier alpha value is -1.47. The number of aromatic nitrogens is 1. The lowest BCUT2D eigenvalue weighted by molar-refractivity contribution is 0.631. The Kier molecular flexibility index (Phi) is 2.88. The minimum absolute atomic E-state index is 0.275. The van der Waals surface area contributed by atoms with Gasteiger partial charge in [0.2, 0.25) is 0 Å². The molecule has 0 aliphatic rings. The summed E-state index contributed by atoms with van der Waals surface area (Å²) < 4.78 is 13.6. The Morgan fingerprint density at radius 1 is 1.31 bits per heavy atom. The standard InChI is InChI=1S/C12H12FN2P/c1-7-4-12(15-6-11(7)14)9-5-8(16)2-3-10(9)13/h2-6H,14,16H2,1H3. The number of nitrogens with two attached hydrogens (primary N) is 1. The van der Waals surface area contributed by atoms with E-state index in [9.17, 15) is 4.39 Å². The van der Waals surface area contributed by atoms with Gasteiger partial charge in [-0.1, -0.05) is 6.07 Å². The molecular weight excluding hydrogens is 222 g/mol. The van der Waals surface area contributed by atoms with E-state index in [1.807, 2.05) is 6.92 Å². The van der Waals surface area contributed by atoms with Crippen LogP contribution in [0.3, 0.4) is 0 Å². The SMILES string of the molecule is Cc1cc(-c2cc(P)ccc2F)ncc1N. The molecule has 2 nitrogen and oxygen atoms in total. The van der Waals surface area contributed by atoms with Gasteiger partial charge in [-0.15, -0.1) is 9.24 Å². The maximum atomic E-state index is 13.6. The molecule has 0 saturated carbocycles. The van der Waals surface area contributed by atoms with Crippen molar-refractivity contribution < 1.29 is 4.39 Å². The van der Waals surface area contributed by atoms with Gasteiger partial charge >= 0.3 is 0 Å². The van der Waals surface area contributed by atoms with Gasteiger partial charge in [0.15, 0.2) is 0 Å². The van der Waals surface area contributed by atoms with E-state index in [4.69, 9.17) is 5.73 Å². The monoisotopic (exact) mass is 234 g/mol. The lowest BCUT2D eigenvalue weighted by atomic mass is 10.1. The van der Waals surface area contributed by atoms with Gasteiger partial charge < -0.3 is 5.73 Å². The highest BCUT2D eigenvalue weighted by atomic mass is 31.0. The first kappa shape index (κ1) is 11.0. The summed E-state index contributed by atoms with van der Waals surface area (Å²) in [5.74, 6) is -0.275. The molecule has 2 aromatic rings. The first-order chi connectivity index (χ1) is 7.58. The fourth-order valence-electron chi connectivity index (χ4n) is 1.45. The van der Waals surface area contributed by atoms with E-state index >= 15 is 0 Å². The van der Waals surface area contributed by atoms with E-state index in [1.54, 1.807) is 24.4 Å². The largest absolute Gasteiger partial charge is 0.397 e. The summed E-state index contributed by atoms with van der Waals surface area (Å²) in [4.78, 5) is 4.14. The molecular formula is C12H12FN2P. The molecule has 0 spiro atoms. The molecule has 0 amide bonds. The van der Waals surface area contributed by atoms with Gasteiger partial charge in [0.1, 0.15) is 5.82 Å². The molecule has 0 aliphatic heterocycles. The highest BCUT2D eigenvalue weighted by Gasteiger charge is 2.07. The van der Waals surface area contributed by atoms with Crippen molar-refractivity contribution in [1.29, 1.82) is 0 Å². The predicted molar refractivity (Wildman–Crippen MR) is 68.1 cm³/mol. The molecule has 1 aromatic heterocycles. The van der Waals surface area contributed by atoms with E-state index in [2.05, 4.69) is 14.2 Å². The number of rotatable bonds is 1. The molecule has 1 aromatic carbocycles. The third kappa shape index (κ3) is 2.05. The Balaban J connectivity index is 2.58. The average Bonchev–Trinajstić information content (AvgIpc) is 2.26. The van der Waals surface area contributed by atoms with Gasteiger partial charge in [0, 0.05) is 5.56 Å². The van der Waals surface area contributed by atoms with Crippen LogP contribution in [0.4, 0.5) is 10.1 Å². The van der Waals surface area contributed by atoms with Crippen LogP contribution in [0.1, 0.15) is 5.56 Å². The maximum absolute atomic E-state index is 13.6. The number of benzene rings is 1. The normalized spacial score (nSPS) is 10.4. The lowest BCUT2D eigenvalue weighted by Gasteiger charge is -2.06. The van der Waals surface area contributed by atoms with Crippen molar-refractivity contribution in [3.8, 4) is 11.3 Å². The van der Waals surface area contributed by atoms with Crippen LogP contribution in [0.2, 0.25) is 0 Å². The minimum Gasteiger partial charge on any atom is -0.397 e. The van der Waals surface area contributed by atoms with Crippen molar-refractivity contribution in [1.82, 2.24) is 4.98 Å². The quantitative estimate of drug-likeness (QED) is 0.769. The molecule has 1 atom stereocenters. The molecule has 2 rings (SSSR count). The number of nitrogen functional groups attached to an aromatic ring is 1. The molecule has 4 heteroatoms. The average molecular weight is 234 g/mol. The van der Waals surface area contributed by atoms with Gasteiger partial charge in [-0.25, -0.2) is 4.39 Å². The summed E-state index contributed by atoms with van der Waals surface area (Å²) in [6, 6.07) is 6.68. The topological polar surface area (TPSA) is 38.9 Å². The van der Waals surface area contributed by atoms with Crippen LogP contribution in [0.25, 0.3) is 11.3 Å². The molecule has 1 unspecified atom stereocenters. The Bertz CT molecular complexity index is 541. The Morgan fingerprint density at radius 3 is 2.75 bits per heavy atom. The van der Waals surface area contributed by atoms with Crippen LogP contribution in [-0.2, 0) is 0 Å². The summed E-state index contributed by atoms with van der Waals surface area (Å²) in [5.41, 5.74) is 8.29. The number of pyridine rings is 1. The first-order valence-electron chi connectivity index (χ1n) is 4.85. The molecule has 0 aliphatic carbocycles. The highest BCUT2D eigenvalue weighted by molar-refractivity contribution is 7.27. The number of hydrogen-bond donors (Lipinski definition) is 1. The number of hydrogen-bond acceptors (Lipinski definition) is 2. The van der Waals surface area contributed by atoms with Gasteiger partial charge in [-0.2, -0.15) is 0 Å². The second kappa shape index (κ2) is 4.18.